The van der Waals surface area contributed by atoms with Crippen LogP contribution in [0.4, 0.5) is 8.78 Å². The summed E-state index contributed by atoms with van der Waals surface area (Å²) in [7, 11) is 0. The molecule has 0 radical (unpaired) electrons. The predicted octanol–water partition coefficient (Wildman–Crippen LogP) is 6.14. The summed E-state index contributed by atoms with van der Waals surface area (Å²) in [6.07, 6.45) is 1.90. The Morgan fingerprint density at radius 1 is 1.16 bits per heavy atom. The monoisotopic (exact) mass is 341 g/mol. The van der Waals surface area contributed by atoms with E-state index in [0.717, 1.165) is 33.9 Å². The lowest BCUT2D eigenvalue weighted by molar-refractivity contribution is 0.567. The van der Waals surface area contributed by atoms with E-state index in [2.05, 4.69) is 30.8 Å². The van der Waals surface area contributed by atoms with Gasteiger partial charge in [-0.25, -0.2) is 8.78 Å². The lowest BCUT2D eigenvalue weighted by atomic mass is 9.92. The number of halogens is 2. The van der Waals surface area contributed by atoms with Gasteiger partial charge in [0.1, 0.15) is 11.6 Å². The van der Waals surface area contributed by atoms with Crippen molar-refractivity contribution in [1.29, 1.82) is 0 Å². The average molecular weight is 341 g/mol. The Balaban J connectivity index is 3.05. The molecule has 0 spiro atoms. The van der Waals surface area contributed by atoms with Gasteiger partial charge in [-0.05, 0) is 50.5 Å². The van der Waals surface area contributed by atoms with Crippen LogP contribution in [0, 0.1) is 11.6 Å². The second-order valence-electron chi connectivity index (χ2n) is 5.85. The third kappa shape index (κ3) is 5.17. The molecule has 1 N–H and O–H groups in total. The van der Waals surface area contributed by atoms with Crippen molar-refractivity contribution in [2.45, 2.75) is 34.2 Å². The van der Waals surface area contributed by atoms with E-state index in [1.807, 2.05) is 33.8 Å². The Morgan fingerprint density at radius 2 is 1.80 bits per heavy atom. The van der Waals surface area contributed by atoms with Crippen LogP contribution < -0.4 is 5.32 Å². The highest BCUT2D eigenvalue weighted by Crippen LogP contribution is 2.27. The first-order valence-electron chi connectivity index (χ1n) is 8.00. The summed E-state index contributed by atoms with van der Waals surface area (Å²) >= 11 is 0. The summed E-state index contributed by atoms with van der Waals surface area (Å²) in [6.45, 7) is 19.8. The summed E-state index contributed by atoms with van der Waals surface area (Å²) in [4.78, 5) is 0. The first kappa shape index (κ1) is 20.4. The number of benzene rings is 1. The molecule has 1 nitrogen and oxygen atoms in total. The van der Waals surface area contributed by atoms with Crippen LogP contribution in [0.2, 0.25) is 0 Å². The topological polar surface area (TPSA) is 12.0 Å². The minimum atomic E-state index is -0.598. The van der Waals surface area contributed by atoms with Gasteiger partial charge in [0.25, 0.3) is 0 Å². The summed E-state index contributed by atoms with van der Waals surface area (Å²) in [6, 6.07) is 3.52. The maximum atomic E-state index is 13.8. The quantitative estimate of drug-likeness (QED) is 0.464. The second-order valence-corrected chi connectivity index (χ2v) is 5.85. The third-order valence-corrected chi connectivity index (χ3v) is 4.19. The smallest absolute Gasteiger partial charge is 0.131 e. The lowest BCUT2D eigenvalue weighted by Crippen LogP contribution is -2.16. The van der Waals surface area contributed by atoms with Gasteiger partial charge in [0.05, 0.1) is 5.70 Å². The largest absolute Gasteiger partial charge is 0.374 e. The molecule has 0 amide bonds. The van der Waals surface area contributed by atoms with Crippen molar-refractivity contribution < 1.29 is 8.78 Å². The molecule has 3 heteroatoms. The van der Waals surface area contributed by atoms with Crippen molar-refractivity contribution in [3.63, 3.8) is 0 Å². The van der Waals surface area contributed by atoms with Gasteiger partial charge in [0.2, 0.25) is 0 Å². The van der Waals surface area contributed by atoms with Gasteiger partial charge in [-0.1, -0.05) is 37.5 Å². The fourth-order valence-electron chi connectivity index (χ4n) is 2.32. The predicted molar refractivity (Wildman–Crippen MR) is 102 cm³/mol. The van der Waals surface area contributed by atoms with E-state index in [1.165, 1.54) is 12.1 Å². The van der Waals surface area contributed by atoms with Crippen molar-refractivity contribution in [1.82, 2.24) is 5.32 Å². The van der Waals surface area contributed by atoms with E-state index in [-0.39, 0.29) is 6.54 Å². The lowest BCUT2D eigenvalue weighted by Gasteiger charge is -2.18. The van der Waals surface area contributed by atoms with Gasteiger partial charge in [0.15, 0.2) is 0 Å². The van der Waals surface area contributed by atoms with Crippen LogP contribution in [0.5, 0.6) is 0 Å². The van der Waals surface area contributed by atoms with E-state index in [9.17, 15) is 8.78 Å². The molecule has 1 rings (SSSR count). The van der Waals surface area contributed by atoms with Gasteiger partial charge >= 0.3 is 0 Å². The van der Waals surface area contributed by atoms with Gasteiger partial charge in [-0.2, -0.15) is 0 Å². The first-order valence-corrected chi connectivity index (χ1v) is 8.00. The molecule has 0 aromatic heterocycles. The van der Waals surface area contributed by atoms with E-state index in [4.69, 9.17) is 0 Å². The number of allylic oxidation sites excluding steroid dienone is 5. The summed E-state index contributed by atoms with van der Waals surface area (Å²) in [5.74, 6) is -1.19. The van der Waals surface area contributed by atoms with Crippen LogP contribution >= 0.6 is 0 Å². The van der Waals surface area contributed by atoms with Crippen LogP contribution in [0.25, 0.3) is 0 Å². The van der Waals surface area contributed by atoms with Crippen LogP contribution in [0.1, 0.15) is 33.3 Å². The van der Waals surface area contributed by atoms with Crippen LogP contribution in [-0.4, -0.2) is 0 Å². The van der Waals surface area contributed by atoms with Crippen molar-refractivity contribution in [3.05, 3.63) is 101 Å². The van der Waals surface area contributed by atoms with E-state index in [0.29, 0.717) is 11.3 Å². The molecule has 0 saturated heterocycles. The van der Waals surface area contributed by atoms with Gasteiger partial charge in [-0.3, -0.25) is 0 Å². The molecule has 0 atom stereocenters. The highest BCUT2D eigenvalue weighted by molar-refractivity contribution is 5.56. The molecular formula is C22H25F2N. The van der Waals surface area contributed by atoms with Crippen molar-refractivity contribution in [2.24, 2.45) is 0 Å². The summed E-state index contributed by atoms with van der Waals surface area (Å²) < 4.78 is 26.8. The zero-order valence-electron chi connectivity index (χ0n) is 15.4. The number of nitrogens with one attached hydrogen (secondary N) is 1. The van der Waals surface area contributed by atoms with Crippen LogP contribution in [-0.2, 0) is 6.54 Å². The molecule has 0 aliphatic carbocycles. The number of hydrogen-bond acceptors (Lipinski definition) is 1. The second kappa shape index (κ2) is 9.00. The van der Waals surface area contributed by atoms with Crippen LogP contribution in [0.15, 0.2) is 83.3 Å². The molecule has 0 unspecified atom stereocenters. The fourth-order valence-corrected chi connectivity index (χ4v) is 2.32. The highest BCUT2D eigenvalue weighted by Gasteiger charge is 2.13. The van der Waals surface area contributed by atoms with E-state index in [1.54, 1.807) is 0 Å². The minimum absolute atomic E-state index is 0.191. The zero-order chi connectivity index (χ0) is 19.1. The van der Waals surface area contributed by atoms with Gasteiger partial charge in [0, 0.05) is 23.7 Å². The fraction of sp³-hybridized carbons (Fsp3) is 0.227. The summed E-state index contributed by atoms with van der Waals surface area (Å²) in [5, 5.41) is 3.11. The third-order valence-electron chi connectivity index (χ3n) is 4.19. The Kier molecular flexibility index (Phi) is 7.35. The van der Waals surface area contributed by atoms with E-state index < -0.39 is 11.6 Å². The minimum Gasteiger partial charge on any atom is -0.374 e. The molecule has 0 aliphatic heterocycles. The van der Waals surface area contributed by atoms with Crippen molar-refractivity contribution in [3.8, 4) is 0 Å². The molecule has 0 bridgehead atoms. The molecule has 0 saturated carbocycles. The molecular weight excluding hydrogens is 316 g/mol. The standard InChI is InChI=1S/C22H25F2N/c1-8-20(17(7)16(6)15(5)14(3)4)22(9-2)25-13-18-10-11-19(23)12-21(18)24/h8,10-12,25H,2-3,7,13H2,1,4-6H3/b16-15+,20-8+. The van der Waals surface area contributed by atoms with Gasteiger partial charge in [-0.15, -0.1) is 5.73 Å². The molecule has 1 aromatic rings. The SMILES string of the molecule is C=C=C(NCc1ccc(F)cc1F)/C(=C/C)C(=C)/C(C)=C(\C)C(=C)C. The van der Waals surface area contributed by atoms with Crippen molar-refractivity contribution >= 4 is 0 Å². The normalized spacial score (nSPS) is 12.2. The first-order chi connectivity index (χ1) is 11.7. The molecule has 132 valence electrons. The Morgan fingerprint density at radius 3 is 2.28 bits per heavy atom. The zero-order valence-corrected chi connectivity index (χ0v) is 15.4. The highest BCUT2D eigenvalue weighted by atomic mass is 19.1. The molecule has 0 aliphatic rings. The Labute approximate surface area is 149 Å². The van der Waals surface area contributed by atoms with Crippen molar-refractivity contribution in [2.75, 3.05) is 0 Å². The van der Waals surface area contributed by atoms with Gasteiger partial charge < -0.3 is 5.32 Å². The van der Waals surface area contributed by atoms with E-state index >= 15 is 0 Å². The summed E-state index contributed by atoms with van der Waals surface area (Å²) in [5.41, 5.74) is 8.53. The van der Waals surface area contributed by atoms with Crippen LogP contribution in [0.3, 0.4) is 0 Å². The molecule has 25 heavy (non-hydrogen) atoms. The maximum absolute atomic E-state index is 13.8. The number of rotatable bonds is 7. The Bertz CT molecular complexity index is 803. The number of hydrogen-bond donors (Lipinski definition) is 1. The maximum Gasteiger partial charge on any atom is 0.131 e. The molecule has 0 fully saturated rings. The Hall–Kier alpha value is -2.64. The average Bonchev–Trinajstić information content (AvgIpc) is 2.57. The molecule has 1 aromatic carbocycles. The molecule has 0 heterocycles.